The minimum absolute atomic E-state index is 0.180. The second kappa shape index (κ2) is 10.9. The standard InChI is InChI=1S/C25H30ClN5O5/c1-31-23(14-34-19-4-2-3-17(26)11-19)28-29-24(31)16-7-5-15(6-8-16)20-12-22(36-30-20)21-10-9-18(13-35-21)27-25(32)33/h2-4,11-12,15-16,18,21,27H,5-10,13-14H2,1H3,(H,32,33)/t15?,16?,18-,21+/m1/s1. The zero-order valence-electron chi connectivity index (χ0n) is 20.1. The predicted octanol–water partition coefficient (Wildman–Crippen LogP) is 4.96. The quantitative estimate of drug-likeness (QED) is 0.452. The van der Waals surface area contributed by atoms with Gasteiger partial charge in [0, 0.05) is 30.0 Å². The summed E-state index contributed by atoms with van der Waals surface area (Å²) in [7, 11) is 1.99. The van der Waals surface area contributed by atoms with Gasteiger partial charge in [0.05, 0.1) is 18.3 Å². The van der Waals surface area contributed by atoms with Crippen molar-refractivity contribution < 1.29 is 23.9 Å². The summed E-state index contributed by atoms with van der Waals surface area (Å²) in [6, 6.07) is 9.14. The molecule has 2 fully saturated rings. The molecule has 0 bridgehead atoms. The van der Waals surface area contributed by atoms with Crippen LogP contribution in [0, 0.1) is 0 Å². The molecule has 0 unspecified atom stereocenters. The average molecular weight is 516 g/mol. The molecule has 1 amide bonds. The molecule has 10 nitrogen and oxygen atoms in total. The lowest BCUT2D eigenvalue weighted by molar-refractivity contribution is -0.0173. The molecule has 3 aromatic rings. The van der Waals surface area contributed by atoms with Gasteiger partial charge in [-0.25, -0.2) is 4.79 Å². The summed E-state index contributed by atoms with van der Waals surface area (Å²) in [5, 5.41) is 25.1. The number of carbonyl (C=O) groups is 1. The maximum atomic E-state index is 10.8. The Morgan fingerprint density at radius 2 is 1.97 bits per heavy atom. The molecule has 1 saturated heterocycles. The van der Waals surface area contributed by atoms with Crippen LogP contribution in [0.1, 0.15) is 79.6 Å². The first-order valence-corrected chi connectivity index (χ1v) is 12.7. The van der Waals surface area contributed by atoms with Crippen LogP contribution in [0.2, 0.25) is 5.02 Å². The van der Waals surface area contributed by atoms with Gasteiger partial charge in [-0.3, -0.25) is 0 Å². The van der Waals surface area contributed by atoms with Crippen molar-refractivity contribution in [1.82, 2.24) is 25.2 Å². The number of halogens is 1. The smallest absolute Gasteiger partial charge is 0.404 e. The van der Waals surface area contributed by atoms with Crippen molar-refractivity contribution >= 4 is 17.7 Å². The molecule has 2 aromatic heterocycles. The van der Waals surface area contributed by atoms with Gasteiger partial charge in [-0.05, 0) is 56.7 Å². The normalized spacial score (nSPS) is 24.4. The number of benzene rings is 1. The van der Waals surface area contributed by atoms with E-state index in [-0.39, 0.29) is 12.1 Å². The third-order valence-electron chi connectivity index (χ3n) is 7.14. The van der Waals surface area contributed by atoms with E-state index >= 15 is 0 Å². The van der Waals surface area contributed by atoms with E-state index in [9.17, 15) is 4.79 Å². The van der Waals surface area contributed by atoms with Gasteiger partial charge in [0.25, 0.3) is 0 Å². The third kappa shape index (κ3) is 5.65. The van der Waals surface area contributed by atoms with E-state index in [0.29, 0.717) is 48.7 Å². The Kier molecular flexibility index (Phi) is 7.43. The Hall–Kier alpha value is -3.11. The summed E-state index contributed by atoms with van der Waals surface area (Å²) in [5.74, 6) is 3.86. The van der Waals surface area contributed by atoms with Crippen LogP contribution in [-0.4, -0.2) is 43.8 Å². The van der Waals surface area contributed by atoms with Gasteiger partial charge in [0.2, 0.25) is 0 Å². The second-order valence-electron chi connectivity index (χ2n) is 9.53. The van der Waals surface area contributed by atoms with E-state index in [1.807, 2.05) is 35.9 Å². The van der Waals surface area contributed by atoms with E-state index in [1.54, 1.807) is 6.07 Å². The summed E-state index contributed by atoms with van der Waals surface area (Å²) >= 11 is 6.03. The predicted molar refractivity (Wildman–Crippen MR) is 130 cm³/mol. The van der Waals surface area contributed by atoms with Crippen LogP contribution in [-0.2, 0) is 18.4 Å². The number of aromatic nitrogens is 4. The fourth-order valence-electron chi connectivity index (χ4n) is 5.12. The van der Waals surface area contributed by atoms with Crippen molar-refractivity contribution in [3.05, 3.63) is 58.5 Å². The third-order valence-corrected chi connectivity index (χ3v) is 7.38. The zero-order chi connectivity index (χ0) is 25.1. The molecule has 0 spiro atoms. The maximum absolute atomic E-state index is 10.8. The Morgan fingerprint density at radius 1 is 1.17 bits per heavy atom. The van der Waals surface area contributed by atoms with Gasteiger partial charge in [-0.2, -0.15) is 0 Å². The number of nitrogens with one attached hydrogen (secondary N) is 1. The highest BCUT2D eigenvalue weighted by molar-refractivity contribution is 6.30. The lowest BCUT2D eigenvalue weighted by Gasteiger charge is -2.27. The SMILES string of the molecule is Cn1c(COc2cccc(Cl)c2)nnc1C1CCC(c2cc([C@@H]3CC[C@@H](NC(=O)O)CO3)on2)CC1. The molecule has 192 valence electrons. The lowest BCUT2D eigenvalue weighted by Crippen LogP contribution is -2.40. The number of nitrogens with zero attached hydrogens (tertiary/aromatic N) is 4. The van der Waals surface area contributed by atoms with E-state index in [4.69, 9.17) is 30.7 Å². The number of carboxylic acid groups (broad SMARTS) is 1. The zero-order valence-corrected chi connectivity index (χ0v) is 20.9. The van der Waals surface area contributed by atoms with Gasteiger partial charge < -0.3 is 29.0 Å². The highest BCUT2D eigenvalue weighted by Crippen LogP contribution is 2.40. The van der Waals surface area contributed by atoms with Crippen molar-refractivity contribution in [3.8, 4) is 5.75 Å². The molecule has 2 aliphatic rings. The minimum Gasteiger partial charge on any atom is -0.486 e. The maximum Gasteiger partial charge on any atom is 0.404 e. The second-order valence-corrected chi connectivity index (χ2v) is 9.96. The first kappa shape index (κ1) is 24.6. The molecule has 1 saturated carbocycles. The Balaban J connectivity index is 1.13. The highest BCUT2D eigenvalue weighted by Gasteiger charge is 2.31. The fraction of sp³-hybridized carbons (Fsp3) is 0.520. The first-order valence-electron chi connectivity index (χ1n) is 12.3. The summed E-state index contributed by atoms with van der Waals surface area (Å²) < 4.78 is 19.3. The first-order chi connectivity index (χ1) is 17.5. The molecule has 2 N–H and O–H groups in total. The van der Waals surface area contributed by atoms with Crippen molar-refractivity contribution in [2.45, 2.75) is 69.1 Å². The number of ether oxygens (including phenoxy) is 2. The van der Waals surface area contributed by atoms with Crippen LogP contribution >= 0.6 is 11.6 Å². The molecule has 36 heavy (non-hydrogen) atoms. The van der Waals surface area contributed by atoms with Crippen molar-refractivity contribution in [2.75, 3.05) is 6.61 Å². The monoisotopic (exact) mass is 515 g/mol. The summed E-state index contributed by atoms with van der Waals surface area (Å²) in [6.07, 6.45) is 4.18. The summed E-state index contributed by atoms with van der Waals surface area (Å²) in [5.41, 5.74) is 0.964. The number of rotatable bonds is 7. The molecule has 1 aliphatic carbocycles. The summed E-state index contributed by atoms with van der Waals surface area (Å²) in [6.45, 7) is 0.666. The Bertz CT molecular complexity index is 1180. The van der Waals surface area contributed by atoms with Crippen molar-refractivity contribution in [1.29, 1.82) is 0 Å². The molecule has 0 radical (unpaired) electrons. The largest absolute Gasteiger partial charge is 0.486 e. The molecule has 3 heterocycles. The van der Waals surface area contributed by atoms with Crippen molar-refractivity contribution in [3.63, 3.8) is 0 Å². The van der Waals surface area contributed by atoms with Gasteiger partial charge in [0.1, 0.15) is 24.3 Å². The topological polar surface area (TPSA) is 125 Å². The van der Waals surface area contributed by atoms with E-state index in [0.717, 1.165) is 48.8 Å². The number of hydrogen-bond acceptors (Lipinski definition) is 7. The fourth-order valence-corrected chi connectivity index (χ4v) is 5.30. The molecule has 5 rings (SSSR count). The van der Waals surface area contributed by atoms with Crippen LogP contribution in [0.15, 0.2) is 34.9 Å². The molecular weight excluding hydrogens is 486 g/mol. The van der Waals surface area contributed by atoms with E-state index in [2.05, 4.69) is 20.7 Å². The average Bonchev–Trinajstić information content (AvgIpc) is 3.50. The van der Waals surface area contributed by atoms with Gasteiger partial charge in [0.15, 0.2) is 11.6 Å². The van der Waals surface area contributed by atoms with Crippen molar-refractivity contribution in [2.24, 2.45) is 7.05 Å². The van der Waals surface area contributed by atoms with Crippen LogP contribution in [0.3, 0.4) is 0 Å². The molecule has 11 heteroatoms. The van der Waals surface area contributed by atoms with Crippen LogP contribution < -0.4 is 10.1 Å². The Labute approximate surface area is 213 Å². The molecular formula is C25H30ClN5O5. The van der Waals surface area contributed by atoms with Crippen LogP contribution in [0.4, 0.5) is 4.79 Å². The van der Waals surface area contributed by atoms with Gasteiger partial charge in [-0.15, -0.1) is 10.2 Å². The number of hydrogen-bond donors (Lipinski definition) is 2. The summed E-state index contributed by atoms with van der Waals surface area (Å²) in [4.78, 5) is 10.8. The minimum atomic E-state index is -1.02. The van der Waals surface area contributed by atoms with Crippen LogP contribution in [0.25, 0.3) is 0 Å². The van der Waals surface area contributed by atoms with Gasteiger partial charge in [-0.1, -0.05) is 22.8 Å². The highest BCUT2D eigenvalue weighted by atomic mass is 35.5. The van der Waals surface area contributed by atoms with Crippen LogP contribution in [0.5, 0.6) is 5.75 Å². The molecule has 1 aromatic carbocycles. The van der Waals surface area contributed by atoms with E-state index < -0.39 is 6.09 Å². The lowest BCUT2D eigenvalue weighted by atomic mass is 9.80. The number of amides is 1. The Morgan fingerprint density at radius 3 is 2.69 bits per heavy atom. The molecule has 1 aliphatic heterocycles. The van der Waals surface area contributed by atoms with E-state index in [1.165, 1.54) is 0 Å². The van der Waals surface area contributed by atoms with Gasteiger partial charge >= 0.3 is 6.09 Å². The molecule has 2 atom stereocenters.